The number of carbonyl (C=O) groups excluding carboxylic acids is 1. The first kappa shape index (κ1) is 26.1. The minimum Gasteiger partial charge on any atom is -0.493 e. The lowest BCUT2D eigenvalue weighted by Crippen LogP contribution is -2.28. The Bertz CT molecular complexity index is 899. The minimum absolute atomic E-state index is 0. The largest absolute Gasteiger partial charge is 0.493 e. The molecule has 0 aromatic heterocycles. The van der Waals surface area contributed by atoms with Gasteiger partial charge in [0.25, 0.3) is 0 Å². The summed E-state index contributed by atoms with van der Waals surface area (Å²) in [5.74, 6) is 1.55. The first-order valence-corrected chi connectivity index (χ1v) is 11.4. The SMILES string of the molecule is COc1cc(CNCCCN2CCCC2=O)cc(Br)c1OCc1ccc(Cl)cc1Cl.Cl. The van der Waals surface area contributed by atoms with E-state index in [1.165, 1.54) is 0 Å². The second-order valence-electron chi connectivity index (χ2n) is 7.15. The Morgan fingerprint density at radius 1 is 1.23 bits per heavy atom. The van der Waals surface area contributed by atoms with Crippen molar-refractivity contribution >= 4 is 57.4 Å². The standard InChI is InChI=1S/C22H25BrCl2N2O3.ClH/c1-29-20-11-15(13-26-7-3-9-27-8-2-4-21(27)28)10-18(23)22(20)30-14-16-5-6-17(24)12-19(16)25;/h5-6,10-12,26H,2-4,7-9,13-14H2,1H3;1H. The van der Waals surface area contributed by atoms with Crippen LogP contribution in [0.25, 0.3) is 0 Å². The van der Waals surface area contributed by atoms with Gasteiger partial charge < -0.3 is 19.7 Å². The van der Waals surface area contributed by atoms with Crippen LogP contribution < -0.4 is 14.8 Å². The fourth-order valence-corrected chi connectivity index (χ4v) is 4.44. The van der Waals surface area contributed by atoms with Gasteiger partial charge in [0.1, 0.15) is 6.61 Å². The first-order chi connectivity index (χ1) is 14.5. The van der Waals surface area contributed by atoms with Gasteiger partial charge in [-0.15, -0.1) is 12.4 Å². The van der Waals surface area contributed by atoms with Gasteiger partial charge in [0.15, 0.2) is 11.5 Å². The van der Waals surface area contributed by atoms with E-state index < -0.39 is 0 Å². The van der Waals surface area contributed by atoms with Crippen LogP contribution in [0.4, 0.5) is 0 Å². The number of halogens is 4. The number of likely N-dealkylation sites (tertiary alicyclic amines) is 1. The molecule has 0 saturated carbocycles. The Balaban J connectivity index is 0.00000341. The molecule has 170 valence electrons. The van der Waals surface area contributed by atoms with Crippen molar-refractivity contribution in [2.24, 2.45) is 0 Å². The van der Waals surface area contributed by atoms with Crippen molar-refractivity contribution in [3.05, 3.63) is 56.0 Å². The van der Waals surface area contributed by atoms with Crippen molar-refractivity contribution in [2.45, 2.75) is 32.4 Å². The van der Waals surface area contributed by atoms with Crippen LogP contribution in [0.15, 0.2) is 34.8 Å². The molecule has 1 amide bonds. The van der Waals surface area contributed by atoms with Gasteiger partial charge in [0.05, 0.1) is 11.6 Å². The van der Waals surface area contributed by atoms with E-state index in [0.29, 0.717) is 41.1 Å². The average molecular weight is 553 g/mol. The number of hydrogen-bond donors (Lipinski definition) is 1. The summed E-state index contributed by atoms with van der Waals surface area (Å²) in [6, 6.07) is 9.30. The molecule has 1 aliphatic heterocycles. The third kappa shape index (κ3) is 7.43. The number of rotatable bonds is 10. The van der Waals surface area contributed by atoms with Gasteiger partial charge in [-0.05, 0) is 65.1 Å². The molecular weight excluding hydrogens is 527 g/mol. The highest BCUT2D eigenvalue weighted by Crippen LogP contribution is 2.37. The van der Waals surface area contributed by atoms with Crippen LogP contribution in [0, 0.1) is 0 Å². The molecule has 0 bridgehead atoms. The molecule has 3 rings (SSSR count). The lowest BCUT2D eigenvalue weighted by Gasteiger charge is -2.16. The second kappa shape index (κ2) is 12.8. The first-order valence-electron chi connectivity index (χ1n) is 9.89. The monoisotopic (exact) mass is 550 g/mol. The molecule has 2 aromatic carbocycles. The third-order valence-electron chi connectivity index (χ3n) is 4.96. The molecule has 1 heterocycles. The molecule has 0 atom stereocenters. The summed E-state index contributed by atoms with van der Waals surface area (Å²) in [5.41, 5.74) is 1.92. The number of carbonyl (C=O) groups is 1. The van der Waals surface area contributed by atoms with Crippen LogP contribution in [0.3, 0.4) is 0 Å². The fraction of sp³-hybridized carbons (Fsp3) is 0.409. The van der Waals surface area contributed by atoms with Gasteiger partial charge in [-0.1, -0.05) is 29.3 Å². The van der Waals surface area contributed by atoms with E-state index in [2.05, 4.69) is 21.2 Å². The van der Waals surface area contributed by atoms with Crippen molar-refractivity contribution in [1.82, 2.24) is 10.2 Å². The van der Waals surface area contributed by atoms with Crippen molar-refractivity contribution in [3.63, 3.8) is 0 Å². The third-order valence-corrected chi connectivity index (χ3v) is 6.13. The summed E-state index contributed by atoms with van der Waals surface area (Å²) in [7, 11) is 1.62. The van der Waals surface area contributed by atoms with Crippen LogP contribution in [0.2, 0.25) is 10.0 Å². The molecule has 5 nitrogen and oxygen atoms in total. The van der Waals surface area contributed by atoms with Gasteiger partial charge in [0.2, 0.25) is 5.91 Å². The normalized spacial score (nSPS) is 13.3. The molecule has 0 aliphatic carbocycles. The minimum atomic E-state index is 0. The van der Waals surface area contributed by atoms with Gasteiger partial charge in [-0.25, -0.2) is 0 Å². The maximum Gasteiger partial charge on any atom is 0.222 e. The number of hydrogen-bond acceptors (Lipinski definition) is 4. The van der Waals surface area contributed by atoms with Crippen molar-refractivity contribution in [3.8, 4) is 11.5 Å². The Morgan fingerprint density at radius 2 is 2.03 bits per heavy atom. The molecule has 1 fully saturated rings. The van der Waals surface area contributed by atoms with Crippen LogP contribution in [0.5, 0.6) is 11.5 Å². The van der Waals surface area contributed by atoms with E-state index in [0.717, 1.165) is 48.1 Å². The van der Waals surface area contributed by atoms with Crippen molar-refractivity contribution in [2.75, 3.05) is 26.7 Å². The smallest absolute Gasteiger partial charge is 0.222 e. The van der Waals surface area contributed by atoms with E-state index in [4.69, 9.17) is 32.7 Å². The molecule has 9 heteroatoms. The van der Waals surface area contributed by atoms with E-state index in [9.17, 15) is 4.79 Å². The second-order valence-corrected chi connectivity index (χ2v) is 8.85. The quantitative estimate of drug-likeness (QED) is 0.375. The zero-order chi connectivity index (χ0) is 21.5. The summed E-state index contributed by atoms with van der Waals surface area (Å²) >= 11 is 15.8. The van der Waals surface area contributed by atoms with Crippen molar-refractivity contribution in [1.29, 1.82) is 0 Å². The average Bonchev–Trinajstić information content (AvgIpc) is 3.12. The summed E-state index contributed by atoms with van der Waals surface area (Å²) < 4.78 is 12.3. The Kier molecular flexibility index (Phi) is 10.7. The van der Waals surface area contributed by atoms with Crippen LogP contribution >= 0.6 is 51.5 Å². The predicted octanol–water partition coefficient (Wildman–Crippen LogP) is 5.87. The molecule has 1 N–H and O–H groups in total. The zero-order valence-corrected chi connectivity index (χ0v) is 21.2. The molecule has 1 saturated heterocycles. The number of amides is 1. The molecule has 0 radical (unpaired) electrons. The van der Waals surface area contributed by atoms with Crippen LogP contribution in [-0.4, -0.2) is 37.6 Å². The van der Waals surface area contributed by atoms with Crippen LogP contribution in [0.1, 0.15) is 30.4 Å². The number of nitrogens with zero attached hydrogens (tertiary/aromatic N) is 1. The highest BCUT2D eigenvalue weighted by atomic mass is 79.9. The maximum absolute atomic E-state index is 11.6. The van der Waals surface area contributed by atoms with Gasteiger partial charge in [0, 0.05) is 41.7 Å². The Morgan fingerprint density at radius 3 is 2.71 bits per heavy atom. The van der Waals surface area contributed by atoms with E-state index in [1.54, 1.807) is 19.2 Å². The maximum atomic E-state index is 11.6. The van der Waals surface area contributed by atoms with E-state index in [1.807, 2.05) is 23.1 Å². The van der Waals surface area contributed by atoms with Gasteiger partial charge in [-0.2, -0.15) is 0 Å². The summed E-state index contributed by atoms with van der Waals surface area (Å²) in [4.78, 5) is 13.6. The highest BCUT2D eigenvalue weighted by Gasteiger charge is 2.19. The van der Waals surface area contributed by atoms with Gasteiger partial charge >= 0.3 is 0 Å². The fourth-order valence-electron chi connectivity index (χ4n) is 3.37. The summed E-state index contributed by atoms with van der Waals surface area (Å²) in [5, 5.41) is 4.58. The molecule has 0 unspecified atom stereocenters. The molecule has 31 heavy (non-hydrogen) atoms. The lowest BCUT2D eigenvalue weighted by atomic mass is 10.2. The van der Waals surface area contributed by atoms with E-state index >= 15 is 0 Å². The number of nitrogens with one attached hydrogen (secondary N) is 1. The molecule has 0 spiro atoms. The molecule has 1 aliphatic rings. The van der Waals surface area contributed by atoms with Gasteiger partial charge in [-0.3, -0.25) is 4.79 Å². The lowest BCUT2D eigenvalue weighted by molar-refractivity contribution is -0.127. The highest BCUT2D eigenvalue weighted by molar-refractivity contribution is 9.10. The molecule has 2 aromatic rings. The van der Waals surface area contributed by atoms with Crippen molar-refractivity contribution < 1.29 is 14.3 Å². The summed E-state index contributed by atoms with van der Waals surface area (Å²) in [6.07, 6.45) is 2.62. The topological polar surface area (TPSA) is 50.8 Å². The zero-order valence-electron chi connectivity index (χ0n) is 17.3. The molecular formula is C22H26BrCl3N2O3. The number of methoxy groups -OCH3 is 1. The summed E-state index contributed by atoms with van der Waals surface area (Å²) in [6.45, 7) is 3.56. The number of ether oxygens (including phenoxy) is 2. The Labute approximate surface area is 207 Å². The van der Waals surface area contributed by atoms with Crippen LogP contribution in [-0.2, 0) is 17.9 Å². The Hall–Kier alpha value is -1.18. The number of benzene rings is 2. The predicted molar refractivity (Wildman–Crippen MR) is 131 cm³/mol. The van der Waals surface area contributed by atoms with E-state index in [-0.39, 0.29) is 18.3 Å².